The summed E-state index contributed by atoms with van der Waals surface area (Å²) >= 11 is 0. The zero-order chi connectivity index (χ0) is 20.3. The summed E-state index contributed by atoms with van der Waals surface area (Å²) in [4.78, 5) is 11.5. The van der Waals surface area contributed by atoms with E-state index in [0.717, 1.165) is 31.3 Å². The van der Waals surface area contributed by atoms with Crippen LogP contribution in [0.2, 0.25) is 0 Å². The summed E-state index contributed by atoms with van der Waals surface area (Å²) in [5.41, 5.74) is 0.772. The van der Waals surface area contributed by atoms with Gasteiger partial charge in [0.05, 0.1) is 18.1 Å². The lowest BCUT2D eigenvalue weighted by molar-refractivity contribution is -0.153. The molecule has 4 nitrogen and oxygen atoms in total. The average molecular weight is 390 g/mol. The molecule has 0 bridgehead atoms. The van der Waals surface area contributed by atoms with Crippen molar-refractivity contribution in [3.63, 3.8) is 0 Å². The second-order valence-corrected chi connectivity index (χ2v) is 9.88. The topological polar surface area (TPSA) is 66.8 Å². The maximum absolute atomic E-state index is 12.8. The molecule has 0 aromatic carbocycles. The standard InChI is InChI=1S/C23H31FO4/c1-13(25)28-20-12-18-14-4-5-16-15(8-11-24)19(26)7-10-22(16,2)17(14)6-9-23(18,3)21(20)27/h5,14-15,17-21,26-27H,4,6-7,9-10,12H2,1-3H3/t14-,15?,17-,18+,19?,20?,21?,22+,23+/m1/s1. The molecule has 0 aromatic rings. The van der Waals surface area contributed by atoms with Crippen LogP contribution < -0.4 is 0 Å². The molecule has 9 atom stereocenters. The Morgan fingerprint density at radius 3 is 2.68 bits per heavy atom. The number of ether oxygens (including phenoxy) is 1. The van der Waals surface area contributed by atoms with E-state index < -0.39 is 24.2 Å². The van der Waals surface area contributed by atoms with E-state index in [1.165, 1.54) is 13.1 Å². The van der Waals surface area contributed by atoms with Crippen molar-refractivity contribution in [2.24, 2.45) is 34.5 Å². The van der Waals surface area contributed by atoms with Crippen LogP contribution in [-0.2, 0) is 9.53 Å². The number of hydrogen-bond acceptors (Lipinski definition) is 4. The number of carbonyl (C=O) groups excluding carboxylic acids is 1. The van der Waals surface area contributed by atoms with Gasteiger partial charge in [0.15, 0.2) is 0 Å². The van der Waals surface area contributed by atoms with Crippen LogP contribution in [0, 0.1) is 46.6 Å². The fourth-order valence-corrected chi connectivity index (χ4v) is 7.27. The first-order valence-corrected chi connectivity index (χ1v) is 10.6. The van der Waals surface area contributed by atoms with Crippen LogP contribution in [0.3, 0.4) is 0 Å². The number of carbonyl (C=O) groups is 1. The van der Waals surface area contributed by atoms with Crippen molar-refractivity contribution < 1.29 is 24.1 Å². The zero-order valence-electron chi connectivity index (χ0n) is 17.0. The van der Waals surface area contributed by atoms with E-state index in [9.17, 15) is 19.4 Å². The number of aliphatic hydroxyl groups excluding tert-OH is 2. The van der Waals surface area contributed by atoms with Gasteiger partial charge in [-0.3, -0.25) is 4.79 Å². The van der Waals surface area contributed by atoms with Gasteiger partial charge in [-0.2, -0.15) is 0 Å². The lowest BCUT2D eigenvalue weighted by Crippen LogP contribution is -2.53. The Bertz CT molecular complexity index is 751. The molecular formula is C23H31FO4. The lowest BCUT2D eigenvalue weighted by Gasteiger charge is -2.58. The molecule has 5 heteroatoms. The van der Waals surface area contributed by atoms with Gasteiger partial charge in [-0.1, -0.05) is 31.4 Å². The van der Waals surface area contributed by atoms with Crippen LogP contribution in [0.4, 0.5) is 4.39 Å². The third kappa shape index (κ3) is 2.75. The van der Waals surface area contributed by atoms with Gasteiger partial charge in [0.1, 0.15) is 12.3 Å². The van der Waals surface area contributed by atoms with Crippen LogP contribution >= 0.6 is 0 Å². The predicted molar refractivity (Wildman–Crippen MR) is 102 cm³/mol. The highest BCUT2D eigenvalue weighted by Crippen LogP contribution is 2.65. The summed E-state index contributed by atoms with van der Waals surface area (Å²) in [7, 11) is 0. The van der Waals surface area contributed by atoms with Crippen molar-refractivity contribution in [1.82, 2.24) is 0 Å². The Balaban J connectivity index is 1.67. The van der Waals surface area contributed by atoms with Gasteiger partial charge in [0, 0.05) is 12.3 Å². The molecule has 4 unspecified atom stereocenters. The fraction of sp³-hybridized carbons (Fsp3) is 0.783. The summed E-state index contributed by atoms with van der Waals surface area (Å²) in [6.07, 6.45) is 7.02. The number of fused-ring (bicyclic) bond motifs is 5. The molecule has 0 heterocycles. The summed E-state index contributed by atoms with van der Waals surface area (Å²) in [5.74, 6) is 2.97. The molecule has 4 aliphatic carbocycles. The van der Waals surface area contributed by atoms with Crippen molar-refractivity contribution in [3.05, 3.63) is 11.6 Å². The van der Waals surface area contributed by atoms with E-state index in [1.54, 1.807) is 0 Å². The number of aliphatic hydroxyl groups is 2. The van der Waals surface area contributed by atoms with Crippen LogP contribution in [0.1, 0.15) is 59.3 Å². The molecule has 0 radical (unpaired) electrons. The minimum atomic E-state index is -0.626. The van der Waals surface area contributed by atoms with Crippen molar-refractivity contribution in [2.75, 3.05) is 0 Å². The first-order chi connectivity index (χ1) is 13.2. The monoisotopic (exact) mass is 390 g/mol. The summed E-state index contributed by atoms with van der Waals surface area (Å²) < 4.78 is 18.3. The summed E-state index contributed by atoms with van der Waals surface area (Å²) in [6, 6.07) is 0. The Morgan fingerprint density at radius 2 is 2.00 bits per heavy atom. The Kier molecular flexibility index (Phi) is 4.87. The molecular weight excluding hydrogens is 359 g/mol. The molecule has 154 valence electrons. The molecule has 28 heavy (non-hydrogen) atoms. The molecule has 0 amide bonds. The number of halogens is 1. The van der Waals surface area contributed by atoms with Gasteiger partial charge in [0.25, 0.3) is 0 Å². The first kappa shape index (κ1) is 19.9. The summed E-state index contributed by atoms with van der Waals surface area (Å²) in [6.45, 7) is 5.80. The molecule has 0 aromatic heterocycles. The first-order valence-electron chi connectivity index (χ1n) is 10.6. The highest BCUT2D eigenvalue weighted by molar-refractivity contribution is 5.66. The fourth-order valence-electron chi connectivity index (χ4n) is 7.27. The second kappa shape index (κ2) is 6.85. The molecule has 3 fully saturated rings. The van der Waals surface area contributed by atoms with Crippen molar-refractivity contribution in [1.29, 1.82) is 0 Å². The molecule has 0 saturated heterocycles. The highest BCUT2D eigenvalue weighted by Gasteiger charge is 2.62. The molecule has 0 spiro atoms. The van der Waals surface area contributed by atoms with E-state index >= 15 is 0 Å². The van der Waals surface area contributed by atoms with Crippen LogP contribution in [0.5, 0.6) is 0 Å². The number of allylic oxidation sites excluding steroid dienone is 1. The summed E-state index contributed by atoms with van der Waals surface area (Å²) in [5, 5.41) is 21.3. The Morgan fingerprint density at radius 1 is 1.25 bits per heavy atom. The Labute approximate surface area is 166 Å². The quantitative estimate of drug-likeness (QED) is 0.409. The van der Waals surface area contributed by atoms with Gasteiger partial charge in [0.2, 0.25) is 0 Å². The average Bonchev–Trinajstić information content (AvgIpc) is 2.89. The zero-order valence-corrected chi connectivity index (χ0v) is 17.0. The maximum atomic E-state index is 12.8. The number of esters is 1. The highest BCUT2D eigenvalue weighted by atomic mass is 19.1. The van der Waals surface area contributed by atoms with Crippen molar-refractivity contribution in [3.8, 4) is 12.1 Å². The third-order valence-corrected chi connectivity index (χ3v) is 8.68. The van der Waals surface area contributed by atoms with Crippen molar-refractivity contribution in [2.45, 2.75) is 77.6 Å². The predicted octanol–water partition coefficient (Wildman–Crippen LogP) is 3.37. The van der Waals surface area contributed by atoms with E-state index in [0.29, 0.717) is 24.7 Å². The lowest BCUT2D eigenvalue weighted by atomic mass is 9.47. The van der Waals surface area contributed by atoms with Crippen LogP contribution in [0.25, 0.3) is 0 Å². The molecule has 4 aliphatic rings. The minimum Gasteiger partial charge on any atom is -0.460 e. The number of hydrogen-bond donors (Lipinski definition) is 2. The van der Waals surface area contributed by atoms with E-state index in [4.69, 9.17) is 4.74 Å². The van der Waals surface area contributed by atoms with E-state index in [2.05, 4.69) is 25.8 Å². The molecule has 0 aliphatic heterocycles. The molecule has 4 rings (SSSR count). The molecule has 3 saturated carbocycles. The van der Waals surface area contributed by atoms with Gasteiger partial charge >= 0.3 is 5.97 Å². The largest absolute Gasteiger partial charge is 0.460 e. The van der Waals surface area contributed by atoms with E-state index in [1.807, 2.05) is 0 Å². The smallest absolute Gasteiger partial charge is 0.302 e. The van der Waals surface area contributed by atoms with Gasteiger partial charge < -0.3 is 14.9 Å². The SMILES string of the molecule is CC(=O)OC1C[C@H]2[C@@H]3CC=C4C(C#CF)C(O)CC[C@]4(C)[C@@H]3CC[C@]2(C)C1O. The Hall–Kier alpha value is -1.38. The number of rotatable bonds is 1. The van der Waals surface area contributed by atoms with E-state index in [-0.39, 0.29) is 22.7 Å². The van der Waals surface area contributed by atoms with Gasteiger partial charge in [-0.25, -0.2) is 0 Å². The van der Waals surface area contributed by atoms with Crippen LogP contribution in [0.15, 0.2) is 11.6 Å². The third-order valence-electron chi connectivity index (χ3n) is 8.68. The van der Waals surface area contributed by atoms with Crippen molar-refractivity contribution >= 4 is 5.97 Å². The van der Waals surface area contributed by atoms with Gasteiger partial charge in [-0.05, 0) is 61.7 Å². The molecule has 2 N–H and O–H groups in total. The second-order valence-electron chi connectivity index (χ2n) is 9.88. The van der Waals surface area contributed by atoms with Crippen LogP contribution in [-0.4, -0.2) is 34.5 Å². The maximum Gasteiger partial charge on any atom is 0.302 e. The normalized spacial score (nSPS) is 49.6. The minimum absolute atomic E-state index is 0.0948. The van der Waals surface area contributed by atoms with Gasteiger partial charge in [-0.15, -0.1) is 4.39 Å².